The average molecular weight is 272 g/mol. The summed E-state index contributed by atoms with van der Waals surface area (Å²) in [6.45, 7) is 8.60. The van der Waals surface area contributed by atoms with E-state index in [0.29, 0.717) is 25.8 Å². The molecule has 0 saturated carbocycles. The summed E-state index contributed by atoms with van der Waals surface area (Å²) in [5.74, 6) is -0.934. The third kappa shape index (κ3) is 8.59. The third-order valence-corrected chi connectivity index (χ3v) is 3.19. The molecule has 19 heavy (non-hydrogen) atoms. The Morgan fingerprint density at radius 2 is 1.84 bits per heavy atom. The first-order valence-corrected chi connectivity index (χ1v) is 6.90. The van der Waals surface area contributed by atoms with Crippen molar-refractivity contribution >= 4 is 11.9 Å². The number of aliphatic carboxylic acids is 1. The zero-order chi connectivity index (χ0) is 15.1. The summed E-state index contributed by atoms with van der Waals surface area (Å²) in [7, 11) is 0. The molecular formula is C14H28N2O3. The molecule has 0 saturated heterocycles. The molecule has 0 aliphatic heterocycles. The zero-order valence-corrected chi connectivity index (χ0v) is 12.5. The number of hydrogen-bond acceptors (Lipinski definition) is 3. The minimum atomic E-state index is -0.969. The molecule has 0 aliphatic rings. The Kier molecular flexibility index (Phi) is 7.68. The Morgan fingerprint density at radius 3 is 2.26 bits per heavy atom. The SMILES string of the molecule is CC(C)C[C@H](NC(=O)CCC(C)(C)CCN)C(=O)O. The summed E-state index contributed by atoms with van der Waals surface area (Å²) in [5, 5.41) is 11.6. The second-order valence-corrected chi connectivity index (χ2v) is 6.29. The molecule has 5 heteroatoms. The Bertz CT molecular complexity index is 301. The van der Waals surface area contributed by atoms with Gasteiger partial charge in [-0.25, -0.2) is 4.79 Å². The second kappa shape index (κ2) is 8.15. The van der Waals surface area contributed by atoms with E-state index in [0.717, 1.165) is 6.42 Å². The van der Waals surface area contributed by atoms with Gasteiger partial charge in [-0.1, -0.05) is 27.7 Å². The molecule has 0 radical (unpaired) electrons. The van der Waals surface area contributed by atoms with Crippen LogP contribution in [0.3, 0.4) is 0 Å². The van der Waals surface area contributed by atoms with Gasteiger partial charge in [-0.05, 0) is 37.1 Å². The molecule has 112 valence electrons. The van der Waals surface area contributed by atoms with Gasteiger partial charge in [0, 0.05) is 6.42 Å². The molecule has 0 spiro atoms. The third-order valence-electron chi connectivity index (χ3n) is 3.19. The molecule has 1 amide bonds. The van der Waals surface area contributed by atoms with Crippen LogP contribution in [-0.2, 0) is 9.59 Å². The van der Waals surface area contributed by atoms with Crippen molar-refractivity contribution in [3.05, 3.63) is 0 Å². The summed E-state index contributed by atoms with van der Waals surface area (Å²) in [5.41, 5.74) is 5.53. The number of carboxylic acid groups (broad SMARTS) is 1. The van der Waals surface area contributed by atoms with Crippen molar-refractivity contribution in [2.24, 2.45) is 17.1 Å². The van der Waals surface area contributed by atoms with Crippen molar-refractivity contribution in [1.29, 1.82) is 0 Å². The van der Waals surface area contributed by atoms with Crippen LogP contribution >= 0.6 is 0 Å². The van der Waals surface area contributed by atoms with Crippen LogP contribution in [0.5, 0.6) is 0 Å². The maximum absolute atomic E-state index is 11.8. The molecule has 0 aromatic heterocycles. The maximum Gasteiger partial charge on any atom is 0.326 e. The van der Waals surface area contributed by atoms with Gasteiger partial charge in [-0.2, -0.15) is 0 Å². The summed E-state index contributed by atoms with van der Waals surface area (Å²) >= 11 is 0. The molecule has 0 heterocycles. The number of carbonyl (C=O) groups is 2. The Morgan fingerprint density at radius 1 is 1.26 bits per heavy atom. The lowest BCUT2D eigenvalue weighted by Crippen LogP contribution is -2.41. The number of nitrogens with two attached hydrogens (primary N) is 1. The fraction of sp³-hybridized carbons (Fsp3) is 0.857. The van der Waals surface area contributed by atoms with Crippen molar-refractivity contribution < 1.29 is 14.7 Å². The summed E-state index contributed by atoms with van der Waals surface area (Å²) in [4.78, 5) is 22.8. The molecule has 0 aromatic carbocycles. The molecule has 4 N–H and O–H groups in total. The summed E-state index contributed by atoms with van der Waals surface area (Å²) in [6.07, 6.45) is 2.36. The second-order valence-electron chi connectivity index (χ2n) is 6.29. The van der Waals surface area contributed by atoms with E-state index in [1.165, 1.54) is 0 Å². The predicted molar refractivity (Wildman–Crippen MR) is 75.7 cm³/mol. The number of rotatable bonds is 9. The van der Waals surface area contributed by atoms with Crippen LogP contribution < -0.4 is 11.1 Å². The van der Waals surface area contributed by atoms with Gasteiger partial charge in [0.2, 0.25) is 5.91 Å². The quantitative estimate of drug-likeness (QED) is 0.596. The van der Waals surface area contributed by atoms with Gasteiger partial charge < -0.3 is 16.2 Å². The highest BCUT2D eigenvalue weighted by molar-refractivity contribution is 5.83. The minimum Gasteiger partial charge on any atom is -0.480 e. The van der Waals surface area contributed by atoms with Gasteiger partial charge in [-0.15, -0.1) is 0 Å². The Hall–Kier alpha value is -1.10. The lowest BCUT2D eigenvalue weighted by molar-refractivity contribution is -0.142. The topological polar surface area (TPSA) is 92.4 Å². The molecule has 5 nitrogen and oxygen atoms in total. The fourth-order valence-electron chi connectivity index (χ4n) is 1.93. The predicted octanol–water partition coefficient (Wildman–Crippen LogP) is 1.76. The van der Waals surface area contributed by atoms with E-state index in [4.69, 9.17) is 10.8 Å². The standard InChI is InChI=1S/C14H28N2O3/c1-10(2)9-11(13(18)19)16-12(17)5-6-14(3,4)7-8-15/h10-11H,5-9,15H2,1-4H3,(H,16,17)(H,18,19)/t11-/m0/s1. The van der Waals surface area contributed by atoms with Crippen LogP contribution in [0.1, 0.15) is 53.4 Å². The highest BCUT2D eigenvalue weighted by Gasteiger charge is 2.23. The van der Waals surface area contributed by atoms with E-state index < -0.39 is 12.0 Å². The van der Waals surface area contributed by atoms with Crippen molar-refractivity contribution in [2.75, 3.05) is 6.54 Å². The number of carbonyl (C=O) groups excluding carboxylic acids is 1. The van der Waals surface area contributed by atoms with Crippen LogP contribution in [0.25, 0.3) is 0 Å². The van der Waals surface area contributed by atoms with Crippen LogP contribution in [0.4, 0.5) is 0 Å². The van der Waals surface area contributed by atoms with E-state index in [-0.39, 0.29) is 17.2 Å². The number of hydrogen-bond donors (Lipinski definition) is 3. The maximum atomic E-state index is 11.8. The lowest BCUT2D eigenvalue weighted by atomic mass is 9.84. The van der Waals surface area contributed by atoms with Crippen LogP contribution in [-0.4, -0.2) is 29.6 Å². The van der Waals surface area contributed by atoms with E-state index in [1.54, 1.807) is 0 Å². The molecule has 0 aromatic rings. The van der Waals surface area contributed by atoms with Gasteiger partial charge in [0.15, 0.2) is 0 Å². The largest absolute Gasteiger partial charge is 0.480 e. The highest BCUT2D eigenvalue weighted by atomic mass is 16.4. The molecule has 1 atom stereocenters. The van der Waals surface area contributed by atoms with Gasteiger partial charge in [0.1, 0.15) is 6.04 Å². The van der Waals surface area contributed by atoms with Gasteiger partial charge in [0.25, 0.3) is 0 Å². The first kappa shape index (κ1) is 17.9. The lowest BCUT2D eigenvalue weighted by Gasteiger charge is -2.24. The van der Waals surface area contributed by atoms with Crippen molar-refractivity contribution in [1.82, 2.24) is 5.32 Å². The summed E-state index contributed by atoms with van der Waals surface area (Å²) < 4.78 is 0. The number of amides is 1. The molecule has 0 fully saturated rings. The summed E-state index contributed by atoms with van der Waals surface area (Å²) in [6, 6.07) is -0.787. The Balaban J connectivity index is 4.24. The van der Waals surface area contributed by atoms with Gasteiger partial charge in [0.05, 0.1) is 0 Å². The zero-order valence-electron chi connectivity index (χ0n) is 12.5. The number of carboxylic acids is 1. The smallest absolute Gasteiger partial charge is 0.326 e. The average Bonchev–Trinajstić information content (AvgIpc) is 2.25. The first-order chi connectivity index (χ1) is 8.68. The van der Waals surface area contributed by atoms with Crippen molar-refractivity contribution in [2.45, 2.75) is 59.4 Å². The van der Waals surface area contributed by atoms with Crippen LogP contribution in [0.15, 0.2) is 0 Å². The van der Waals surface area contributed by atoms with Gasteiger partial charge >= 0.3 is 5.97 Å². The molecule has 0 unspecified atom stereocenters. The molecule has 0 aliphatic carbocycles. The highest BCUT2D eigenvalue weighted by Crippen LogP contribution is 2.25. The normalized spacial score (nSPS) is 13.4. The van der Waals surface area contributed by atoms with E-state index in [2.05, 4.69) is 19.2 Å². The van der Waals surface area contributed by atoms with E-state index in [1.807, 2.05) is 13.8 Å². The molecule has 0 rings (SSSR count). The van der Waals surface area contributed by atoms with E-state index in [9.17, 15) is 9.59 Å². The first-order valence-electron chi connectivity index (χ1n) is 6.90. The fourth-order valence-corrected chi connectivity index (χ4v) is 1.93. The van der Waals surface area contributed by atoms with Gasteiger partial charge in [-0.3, -0.25) is 4.79 Å². The van der Waals surface area contributed by atoms with Crippen LogP contribution in [0, 0.1) is 11.3 Å². The van der Waals surface area contributed by atoms with E-state index >= 15 is 0 Å². The minimum absolute atomic E-state index is 0.0167. The van der Waals surface area contributed by atoms with Crippen molar-refractivity contribution in [3.63, 3.8) is 0 Å². The molecule has 0 bridgehead atoms. The monoisotopic (exact) mass is 272 g/mol. The van der Waals surface area contributed by atoms with Crippen LogP contribution in [0.2, 0.25) is 0 Å². The Labute approximate surface area is 115 Å². The van der Waals surface area contributed by atoms with Crippen molar-refractivity contribution in [3.8, 4) is 0 Å². The molecular weight excluding hydrogens is 244 g/mol. The number of nitrogens with one attached hydrogen (secondary N) is 1.